The summed E-state index contributed by atoms with van der Waals surface area (Å²) in [5, 5.41) is 8.78. The van der Waals surface area contributed by atoms with E-state index in [1.54, 1.807) is 11.8 Å². The van der Waals surface area contributed by atoms with Crippen molar-refractivity contribution < 1.29 is 23.1 Å². The first kappa shape index (κ1) is 13.1. The summed E-state index contributed by atoms with van der Waals surface area (Å²) in [5.41, 5.74) is 0. The molecule has 1 unspecified atom stereocenters. The fraction of sp³-hybridized carbons (Fsp3) is 0.889. The minimum atomic E-state index is -4.15. The van der Waals surface area contributed by atoms with Crippen molar-refractivity contribution in [3.05, 3.63) is 0 Å². The lowest BCUT2D eigenvalue weighted by atomic mass is 10.2. The van der Waals surface area contributed by atoms with Gasteiger partial charge in [0.25, 0.3) is 0 Å². The maximum Gasteiger partial charge on any atom is 0.407 e. The van der Waals surface area contributed by atoms with Gasteiger partial charge in [-0.25, -0.2) is 4.79 Å². The number of rotatable bonds is 2. The number of amides is 1. The number of alkyl halides is 3. The van der Waals surface area contributed by atoms with Crippen LogP contribution in [0.4, 0.5) is 18.0 Å². The lowest BCUT2D eigenvalue weighted by Gasteiger charge is -2.38. The number of halogens is 3. The first-order valence-electron chi connectivity index (χ1n) is 5.08. The summed E-state index contributed by atoms with van der Waals surface area (Å²) in [7, 11) is 0. The Morgan fingerprint density at radius 3 is 2.50 bits per heavy atom. The molecule has 0 aromatic carbocycles. The Balaban J connectivity index is 2.37. The topological polar surface area (TPSA) is 43.8 Å². The van der Waals surface area contributed by atoms with Gasteiger partial charge in [0.1, 0.15) is 0 Å². The Morgan fingerprint density at radius 1 is 1.44 bits per heavy atom. The van der Waals surface area contributed by atoms with Crippen molar-refractivity contribution in [3.63, 3.8) is 0 Å². The highest BCUT2D eigenvalue weighted by Gasteiger charge is 2.31. The molecular weight excluding hydrogens is 225 g/mol. The average Bonchev–Trinajstić information content (AvgIpc) is 2.13. The third-order valence-electron chi connectivity index (χ3n) is 2.67. The van der Waals surface area contributed by atoms with E-state index in [1.165, 1.54) is 4.90 Å². The summed E-state index contributed by atoms with van der Waals surface area (Å²) in [6, 6.07) is -0.250. The van der Waals surface area contributed by atoms with Crippen LogP contribution in [0.15, 0.2) is 0 Å². The molecule has 1 aliphatic rings. The predicted molar refractivity (Wildman–Crippen MR) is 51.3 cm³/mol. The third-order valence-corrected chi connectivity index (χ3v) is 2.67. The van der Waals surface area contributed by atoms with Gasteiger partial charge in [-0.3, -0.25) is 4.90 Å². The predicted octanol–water partition coefficient (Wildman–Crippen LogP) is 1.62. The molecule has 1 N–H and O–H groups in total. The maximum atomic E-state index is 12.0. The summed E-state index contributed by atoms with van der Waals surface area (Å²) in [6.45, 7) is 2.65. The molecule has 94 valence electrons. The zero-order valence-corrected chi connectivity index (χ0v) is 9.00. The summed E-state index contributed by atoms with van der Waals surface area (Å²) < 4.78 is 35.9. The number of nitrogens with zero attached hydrogens (tertiary/aromatic N) is 2. The minimum Gasteiger partial charge on any atom is -0.465 e. The van der Waals surface area contributed by atoms with Gasteiger partial charge in [0.05, 0.1) is 6.42 Å². The van der Waals surface area contributed by atoms with Crippen molar-refractivity contribution in [2.24, 2.45) is 0 Å². The molecule has 1 rings (SSSR count). The number of carbonyl (C=O) groups is 1. The van der Waals surface area contributed by atoms with Crippen LogP contribution in [-0.4, -0.2) is 59.4 Å². The van der Waals surface area contributed by atoms with E-state index in [0.717, 1.165) is 0 Å². The first-order valence-corrected chi connectivity index (χ1v) is 5.08. The van der Waals surface area contributed by atoms with Gasteiger partial charge >= 0.3 is 12.3 Å². The Labute approximate surface area is 91.6 Å². The maximum absolute atomic E-state index is 12.0. The molecule has 1 fully saturated rings. The van der Waals surface area contributed by atoms with Crippen molar-refractivity contribution in [1.82, 2.24) is 9.80 Å². The van der Waals surface area contributed by atoms with Crippen LogP contribution in [0.3, 0.4) is 0 Å². The Hall–Kier alpha value is -0.980. The van der Waals surface area contributed by atoms with Crippen LogP contribution in [0.5, 0.6) is 0 Å². The van der Waals surface area contributed by atoms with Crippen molar-refractivity contribution in [2.75, 3.05) is 26.2 Å². The molecule has 7 heteroatoms. The molecule has 1 saturated heterocycles. The van der Waals surface area contributed by atoms with Crippen LogP contribution >= 0.6 is 0 Å². The molecule has 0 radical (unpaired) electrons. The van der Waals surface area contributed by atoms with Gasteiger partial charge in [0.15, 0.2) is 0 Å². The van der Waals surface area contributed by atoms with Crippen LogP contribution in [0.25, 0.3) is 0 Å². The fourth-order valence-corrected chi connectivity index (χ4v) is 1.81. The molecule has 1 heterocycles. The van der Waals surface area contributed by atoms with E-state index in [1.807, 2.05) is 0 Å². The molecule has 1 aliphatic heterocycles. The van der Waals surface area contributed by atoms with Crippen LogP contribution in [0, 0.1) is 0 Å². The van der Waals surface area contributed by atoms with Gasteiger partial charge in [-0.05, 0) is 6.92 Å². The molecule has 1 amide bonds. The lowest BCUT2D eigenvalue weighted by molar-refractivity contribution is -0.139. The molecule has 0 saturated carbocycles. The Morgan fingerprint density at radius 2 is 2.06 bits per heavy atom. The van der Waals surface area contributed by atoms with Gasteiger partial charge in [0, 0.05) is 32.2 Å². The average molecular weight is 240 g/mol. The van der Waals surface area contributed by atoms with E-state index in [-0.39, 0.29) is 19.1 Å². The summed E-state index contributed by atoms with van der Waals surface area (Å²) >= 11 is 0. The summed E-state index contributed by atoms with van der Waals surface area (Å²) in [5.74, 6) is 0. The van der Waals surface area contributed by atoms with Crippen molar-refractivity contribution in [1.29, 1.82) is 0 Å². The molecule has 0 aromatic heterocycles. The zero-order valence-electron chi connectivity index (χ0n) is 9.00. The van der Waals surface area contributed by atoms with Crippen LogP contribution < -0.4 is 0 Å². The molecule has 0 bridgehead atoms. The van der Waals surface area contributed by atoms with Gasteiger partial charge in [-0.2, -0.15) is 13.2 Å². The molecule has 0 aromatic rings. The summed E-state index contributed by atoms with van der Waals surface area (Å²) in [4.78, 5) is 13.6. The monoisotopic (exact) mass is 240 g/mol. The second-order valence-electron chi connectivity index (χ2n) is 3.99. The SMILES string of the molecule is CC1CN(CCC(F)(F)F)CCN1C(=O)O. The van der Waals surface area contributed by atoms with Gasteiger partial charge < -0.3 is 10.0 Å². The lowest BCUT2D eigenvalue weighted by Crippen LogP contribution is -2.53. The fourth-order valence-electron chi connectivity index (χ4n) is 1.81. The molecule has 0 spiro atoms. The number of hydrogen-bond acceptors (Lipinski definition) is 2. The second kappa shape index (κ2) is 4.90. The molecule has 1 atom stereocenters. The van der Waals surface area contributed by atoms with Crippen molar-refractivity contribution >= 4 is 6.09 Å². The standard InChI is InChI=1S/C9H15F3N2O2/c1-7-6-13(3-2-9(10,11)12)4-5-14(7)8(15)16/h7H,2-6H2,1H3,(H,15,16). The van der Waals surface area contributed by atoms with Crippen molar-refractivity contribution in [3.8, 4) is 0 Å². The van der Waals surface area contributed by atoms with E-state index in [4.69, 9.17) is 5.11 Å². The highest BCUT2D eigenvalue weighted by Crippen LogP contribution is 2.20. The highest BCUT2D eigenvalue weighted by molar-refractivity contribution is 5.65. The molecular formula is C9H15F3N2O2. The van der Waals surface area contributed by atoms with Crippen LogP contribution in [-0.2, 0) is 0 Å². The van der Waals surface area contributed by atoms with E-state index >= 15 is 0 Å². The quantitative estimate of drug-likeness (QED) is 0.797. The van der Waals surface area contributed by atoms with Gasteiger partial charge in [-0.1, -0.05) is 0 Å². The Bertz CT molecular complexity index is 258. The van der Waals surface area contributed by atoms with Gasteiger partial charge in [-0.15, -0.1) is 0 Å². The first-order chi connectivity index (χ1) is 7.29. The van der Waals surface area contributed by atoms with E-state index in [0.29, 0.717) is 13.1 Å². The van der Waals surface area contributed by atoms with Crippen molar-refractivity contribution in [2.45, 2.75) is 25.6 Å². The third kappa shape index (κ3) is 3.88. The minimum absolute atomic E-state index is 0.0543. The summed E-state index contributed by atoms with van der Waals surface area (Å²) in [6.07, 6.45) is -6.00. The van der Waals surface area contributed by atoms with Crippen LogP contribution in [0.2, 0.25) is 0 Å². The number of hydrogen-bond donors (Lipinski definition) is 1. The zero-order chi connectivity index (χ0) is 12.3. The largest absolute Gasteiger partial charge is 0.465 e. The van der Waals surface area contributed by atoms with Crippen LogP contribution in [0.1, 0.15) is 13.3 Å². The smallest absolute Gasteiger partial charge is 0.407 e. The molecule has 16 heavy (non-hydrogen) atoms. The van der Waals surface area contributed by atoms with E-state index < -0.39 is 18.7 Å². The number of piperazine rings is 1. The normalized spacial score (nSPS) is 23.5. The highest BCUT2D eigenvalue weighted by atomic mass is 19.4. The van der Waals surface area contributed by atoms with Gasteiger partial charge in [0.2, 0.25) is 0 Å². The second-order valence-corrected chi connectivity index (χ2v) is 3.99. The number of carboxylic acid groups (broad SMARTS) is 1. The van der Waals surface area contributed by atoms with E-state index in [9.17, 15) is 18.0 Å². The van der Waals surface area contributed by atoms with E-state index in [2.05, 4.69) is 0 Å². The Kier molecular flexibility index (Phi) is 4.01. The molecule has 0 aliphatic carbocycles. The molecule has 4 nitrogen and oxygen atoms in total.